The number of carbonyl (C=O) groups is 1. The minimum absolute atomic E-state index is 0.235. The van der Waals surface area contributed by atoms with E-state index in [-0.39, 0.29) is 5.91 Å². The molecule has 0 radical (unpaired) electrons. The van der Waals surface area contributed by atoms with Crippen LogP contribution in [0.5, 0.6) is 0 Å². The van der Waals surface area contributed by atoms with Gasteiger partial charge in [0.25, 0.3) is 0 Å². The highest BCUT2D eigenvalue weighted by molar-refractivity contribution is 5.86. The van der Waals surface area contributed by atoms with E-state index in [1.54, 1.807) is 0 Å². The zero-order valence-electron chi connectivity index (χ0n) is 5.54. The maximum Gasteiger partial charge on any atom is 0.225 e. The lowest BCUT2D eigenvalue weighted by molar-refractivity contribution is -0.136. The van der Waals surface area contributed by atoms with Crippen molar-refractivity contribution in [3.63, 3.8) is 0 Å². The lowest BCUT2D eigenvalue weighted by atomic mass is 9.78. The summed E-state index contributed by atoms with van der Waals surface area (Å²) in [7, 11) is 0. The zero-order valence-corrected chi connectivity index (χ0v) is 5.54. The van der Waals surface area contributed by atoms with Gasteiger partial charge in [0.15, 0.2) is 0 Å². The van der Waals surface area contributed by atoms with Gasteiger partial charge in [0, 0.05) is 6.04 Å². The van der Waals surface area contributed by atoms with E-state index in [0.717, 1.165) is 12.8 Å². The number of amides is 1. The van der Waals surface area contributed by atoms with Crippen LogP contribution in [0.25, 0.3) is 0 Å². The van der Waals surface area contributed by atoms with Crippen molar-refractivity contribution >= 4 is 5.91 Å². The van der Waals surface area contributed by atoms with Crippen molar-refractivity contribution in [2.24, 2.45) is 5.92 Å². The molecule has 0 spiro atoms. The maximum atomic E-state index is 10.9. The summed E-state index contributed by atoms with van der Waals surface area (Å²) in [5.74, 6) is 0.530. The van der Waals surface area contributed by atoms with Crippen molar-refractivity contribution in [2.75, 3.05) is 0 Å². The Morgan fingerprint density at radius 3 is 3.00 bits per heavy atom. The lowest BCUT2D eigenvalue weighted by Crippen LogP contribution is -2.60. The van der Waals surface area contributed by atoms with Crippen molar-refractivity contribution in [3.05, 3.63) is 0 Å². The first-order valence-electron chi connectivity index (χ1n) is 3.80. The van der Waals surface area contributed by atoms with E-state index in [1.807, 2.05) is 0 Å². The van der Waals surface area contributed by atoms with E-state index in [9.17, 15) is 4.79 Å². The third-order valence-electron chi connectivity index (χ3n) is 2.81. The molecule has 0 unspecified atom stereocenters. The van der Waals surface area contributed by atoms with Gasteiger partial charge < -0.3 is 10.1 Å². The molecule has 3 fully saturated rings. The van der Waals surface area contributed by atoms with Gasteiger partial charge in [-0.3, -0.25) is 4.79 Å². The molecule has 0 aromatic rings. The summed E-state index contributed by atoms with van der Waals surface area (Å²) in [6, 6.07) is 0.455. The average Bonchev–Trinajstić information content (AvgIpc) is 2.63. The van der Waals surface area contributed by atoms with Gasteiger partial charge in [-0.15, -0.1) is 0 Å². The quantitative estimate of drug-likeness (QED) is 0.368. The fraction of sp³-hybridized carbons (Fsp3) is 0.857. The van der Waals surface area contributed by atoms with Gasteiger partial charge in [0.1, 0.15) is 0 Å². The van der Waals surface area contributed by atoms with E-state index in [2.05, 4.69) is 5.32 Å². The van der Waals surface area contributed by atoms with Gasteiger partial charge in [-0.05, 0) is 12.8 Å². The number of carbonyl (C=O) groups excluding carboxylic acids is 1. The second-order valence-corrected chi connectivity index (χ2v) is 3.41. The normalized spacial score (nSPS) is 55.8. The Balaban J connectivity index is 1.81. The van der Waals surface area contributed by atoms with Crippen molar-refractivity contribution < 1.29 is 9.53 Å². The molecule has 0 aromatic carbocycles. The number of nitrogens with one attached hydrogen (secondary N) is 1. The molecule has 3 heteroatoms. The molecule has 3 rings (SSSR count). The standard InChI is InChI=1S/C7H9NO2/c9-7-3-1-5-6(10-5)2-4(3)8-7/h3-6H,1-2H2,(H,8,9)/t3-,4+,5-,6+/m1/s1. The molecular weight excluding hydrogens is 130 g/mol. The molecule has 1 aliphatic carbocycles. The lowest BCUT2D eigenvalue weighted by Gasteiger charge is -2.38. The van der Waals surface area contributed by atoms with Crippen LogP contribution >= 0.6 is 0 Å². The summed E-state index contributed by atoms with van der Waals surface area (Å²) >= 11 is 0. The van der Waals surface area contributed by atoms with Crippen LogP contribution in [0.3, 0.4) is 0 Å². The largest absolute Gasteiger partial charge is 0.369 e. The number of fused-ring (bicyclic) bond motifs is 2. The topological polar surface area (TPSA) is 41.6 Å². The Morgan fingerprint density at radius 1 is 1.40 bits per heavy atom. The molecule has 1 N–H and O–H groups in total. The first kappa shape index (κ1) is 5.13. The van der Waals surface area contributed by atoms with E-state index >= 15 is 0 Å². The predicted octanol–water partition coefficient (Wildman–Crippen LogP) is -0.338. The van der Waals surface area contributed by atoms with Gasteiger partial charge in [0.2, 0.25) is 5.91 Å². The highest BCUT2D eigenvalue weighted by atomic mass is 16.6. The first-order chi connectivity index (χ1) is 4.84. The molecule has 3 aliphatic rings. The van der Waals surface area contributed by atoms with E-state index in [4.69, 9.17) is 4.74 Å². The maximum absolute atomic E-state index is 10.9. The number of ether oxygens (including phenoxy) is 1. The second-order valence-electron chi connectivity index (χ2n) is 3.41. The number of epoxide rings is 1. The summed E-state index contributed by atoms with van der Waals surface area (Å²) in [6.07, 6.45) is 2.96. The number of β-lactam (4-membered cyclic amide) rings is 1. The zero-order chi connectivity index (χ0) is 6.72. The van der Waals surface area contributed by atoms with Crippen molar-refractivity contribution in [1.82, 2.24) is 5.32 Å². The molecule has 0 aromatic heterocycles. The van der Waals surface area contributed by atoms with Crippen molar-refractivity contribution in [3.8, 4) is 0 Å². The first-order valence-corrected chi connectivity index (χ1v) is 3.80. The van der Waals surface area contributed by atoms with E-state index in [0.29, 0.717) is 24.2 Å². The van der Waals surface area contributed by atoms with Crippen LogP contribution in [0.15, 0.2) is 0 Å². The Bertz CT molecular complexity index is 204. The molecule has 54 valence electrons. The van der Waals surface area contributed by atoms with Crippen molar-refractivity contribution in [2.45, 2.75) is 31.1 Å². The van der Waals surface area contributed by atoms with Crippen LogP contribution < -0.4 is 5.32 Å². The fourth-order valence-electron chi connectivity index (χ4n) is 2.07. The smallest absolute Gasteiger partial charge is 0.225 e. The number of rotatable bonds is 0. The fourth-order valence-corrected chi connectivity index (χ4v) is 2.07. The minimum Gasteiger partial charge on any atom is -0.369 e. The van der Waals surface area contributed by atoms with Gasteiger partial charge in [-0.2, -0.15) is 0 Å². The SMILES string of the molecule is O=C1N[C@H]2C[C@@H]3O[C@@H]3C[C@@H]12. The van der Waals surface area contributed by atoms with E-state index in [1.165, 1.54) is 0 Å². The molecule has 3 nitrogen and oxygen atoms in total. The summed E-state index contributed by atoms with van der Waals surface area (Å²) in [4.78, 5) is 10.9. The van der Waals surface area contributed by atoms with Crippen LogP contribution in [-0.4, -0.2) is 24.2 Å². The second kappa shape index (κ2) is 1.37. The molecule has 2 heterocycles. The van der Waals surface area contributed by atoms with E-state index < -0.39 is 0 Å². The number of hydrogen-bond acceptors (Lipinski definition) is 2. The molecule has 1 saturated carbocycles. The van der Waals surface area contributed by atoms with Crippen molar-refractivity contribution in [1.29, 1.82) is 0 Å². The Labute approximate surface area is 58.7 Å². The predicted molar refractivity (Wildman–Crippen MR) is 33.3 cm³/mol. The Morgan fingerprint density at radius 2 is 2.20 bits per heavy atom. The summed E-state index contributed by atoms with van der Waals surface area (Å²) in [5.41, 5.74) is 0. The molecular formula is C7H9NO2. The Kier molecular flexibility index (Phi) is 0.703. The number of hydrogen-bond donors (Lipinski definition) is 1. The third-order valence-corrected chi connectivity index (χ3v) is 2.81. The third kappa shape index (κ3) is 0.475. The average molecular weight is 139 g/mol. The summed E-state index contributed by atoms with van der Waals surface area (Å²) in [5, 5.41) is 2.88. The molecule has 2 aliphatic heterocycles. The summed E-state index contributed by atoms with van der Waals surface area (Å²) < 4.78 is 5.31. The van der Waals surface area contributed by atoms with Gasteiger partial charge >= 0.3 is 0 Å². The monoisotopic (exact) mass is 139 g/mol. The molecule has 1 amide bonds. The van der Waals surface area contributed by atoms with Gasteiger partial charge in [0.05, 0.1) is 18.1 Å². The van der Waals surface area contributed by atoms with Gasteiger partial charge in [-0.1, -0.05) is 0 Å². The molecule has 10 heavy (non-hydrogen) atoms. The van der Waals surface area contributed by atoms with Crippen LogP contribution in [-0.2, 0) is 9.53 Å². The molecule has 4 atom stereocenters. The van der Waals surface area contributed by atoms with Crippen LogP contribution in [0.4, 0.5) is 0 Å². The highest BCUT2D eigenvalue weighted by Gasteiger charge is 2.54. The van der Waals surface area contributed by atoms with Crippen LogP contribution in [0, 0.1) is 5.92 Å². The molecule has 2 saturated heterocycles. The molecule has 0 bridgehead atoms. The van der Waals surface area contributed by atoms with Gasteiger partial charge in [-0.25, -0.2) is 0 Å². The van der Waals surface area contributed by atoms with Crippen LogP contribution in [0.1, 0.15) is 12.8 Å². The minimum atomic E-state index is 0.235. The summed E-state index contributed by atoms with van der Waals surface area (Å²) in [6.45, 7) is 0. The Hall–Kier alpha value is -0.570. The van der Waals surface area contributed by atoms with Crippen LogP contribution in [0.2, 0.25) is 0 Å². The highest BCUT2D eigenvalue weighted by Crippen LogP contribution is 2.42.